The van der Waals surface area contributed by atoms with Gasteiger partial charge >= 0.3 is 0 Å². The maximum absolute atomic E-state index is 5.91. The highest BCUT2D eigenvalue weighted by molar-refractivity contribution is 5.23. The first-order valence-corrected chi connectivity index (χ1v) is 7.41. The summed E-state index contributed by atoms with van der Waals surface area (Å²) in [5.74, 6) is 2.63. The summed E-state index contributed by atoms with van der Waals surface area (Å²) >= 11 is 0. The predicted molar refractivity (Wildman–Crippen MR) is 77.4 cm³/mol. The summed E-state index contributed by atoms with van der Waals surface area (Å²) in [4.78, 5) is 0. The zero-order valence-corrected chi connectivity index (χ0v) is 12.0. The minimum Gasteiger partial charge on any atom is -0.423 e. The van der Waals surface area contributed by atoms with Crippen molar-refractivity contribution in [2.75, 3.05) is 6.54 Å². The van der Waals surface area contributed by atoms with Crippen LogP contribution in [0.5, 0.6) is 0 Å². The standard InChI is InChI=1S/C16H21N3O/c1-3-9-17-14(12-7-5-4-6-8-12)16-19-18-15(20-16)13-10-11(13)2/h4-8,11,13-14,17H,3,9-10H2,1-2H3. The first-order chi connectivity index (χ1) is 9.79. The molecule has 1 heterocycles. The normalized spacial score (nSPS) is 22.7. The van der Waals surface area contributed by atoms with Crippen molar-refractivity contribution in [3.05, 3.63) is 47.7 Å². The van der Waals surface area contributed by atoms with Gasteiger partial charge in [0.15, 0.2) is 0 Å². The molecule has 1 aromatic carbocycles. The molecule has 1 N–H and O–H groups in total. The van der Waals surface area contributed by atoms with E-state index >= 15 is 0 Å². The zero-order valence-electron chi connectivity index (χ0n) is 12.0. The summed E-state index contributed by atoms with van der Waals surface area (Å²) in [5.41, 5.74) is 1.17. The van der Waals surface area contributed by atoms with E-state index in [4.69, 9.17) is 4.42 Å². The largest absolute Gasteiger partial charge is 0.423 e. The van der Waals surface area contributed by atoms with Crippen molar-refractivity contribution in [2.45, 2.75) is 38.6 Å². The maximum atomic E-state index is 5.91. The second-order valence-corrected chi connectivity index (χ2v) is 5.60. The summed E-state index contributed by atoms with van der Waals surface area (Å²) in [6.45, 7) is 5.30. The summed E-state index contributed by atoms with van der Waals surface area (Å²) in [7, 11) is 0. The number of hydrogen-bond acceptors (Lipinski definition) is 4. The molecule has 1 fully saturated rings. The van der Waals surface area contributed by atoms with E-state index in [2.05, 4.69) is 41.5 Å². The molecule has 2 aromatic rings. The number of nitrogens with zero attached hydrogens (tertiary/aromatic N) is 2. The number of aromatic nitrogens is 2. The third kappa shape index (κ3) is 2.75. The Kier molecular flexibility index (Phi) is 3.83. The molecule has 1 aliphatic carbocycles. The third-order valence-electron chi connectivity index (χ3n) is 3.86. The van der Waals surface area contributed by atoms with E-state index in [-0.39, 0.29) is 6.04 Å². The van der Waals surface area contributed by atoms with E-state index < -0.39 is 0 Å². The molecule has 1 aromatic heterocycles. The maximum Gasteiger partial charge on any atom is 0.237 e. The third-order valence-corrected chi connectivity index (χ3v) is 3.86. The summed E-state index contributed by atoms with van der Waals surface area (Å²) in [5, 5.41) is 12.0. The molecule has 0 radical (unpaired) electrons. The lowest BCUT2D eigenvalue weighted by molar-refractivity contribution is 0.403. The van der Waals surface area contributed by atoms with Crippen LogP contribution in [0, 0.1) is 5.92 Å². The van der Waals surface area contributed by atoms with Gasteiger partial charge in [0.05, 0.1) is 0 Å². The van der Waals surface area contributed by atoms with Crippen LogP contribution in [0.25, 0.3) is 0 Å². The number of hydrogen-bond donors (Lipinski definition) is 1. The lowest BCUT2D eigenvalue weighted by Crippen LogP contribution is -2.23. The SMILES string of the molecule is CCCNC(c1ccccc1)c1nnc(C2CC2C)o1. The van der Waals surface area contributed by atoms with Gasteiger partial charge in [-0.2, -0.15) is 0 Å². The molecule has 0 aliphatic heterocycles. The zero-order chi connectivity index (χ0) is 13.9. The van der Waals surface area contributed by atoms with Gasteiger partial charge in [-0.25, -0.2) is 0 Å². The van der Waals surface area contributed by atoms with Gasteiger partial charge in [0.25, 0.3) is 0 Å². The van der Waals surface area contributed by atoms with E-state index in [0.29, 0.717) is 17.7 Å². The van der Waals surface area contributed by atoms with Crippen LogP contribution in [0.1, 0.15) is 56.0 Å². The van der Waals surface area contributed by atoms with Gasteiger partial charge in [-0.05, 0) is 30.9 Å². The minimum atomic E-state index is -0.00791. The Morgan fingerprint density at radius 1 is 1.30 bits per heavy atom. The topological polar surface area (TPSA) is 51.0 Å². The first-order valence-electron chi connectivity index (χ1n) is 7.41. The molecule has 1 aliphatic rings. The molecule has 4 nitrogen and oxygen atoms in total. The molecule has 4 heteroatoms. The summed E-state index contributed by atoms with van der Waals surface area (Å²) in [6, 6.07) is 10.3. The molecule has 0 amide bonds. The van der Waals surface area contributed by atoms with E-state index in [1.165, 1.54) is 12.0 Å². The Morgan fingerprint density at radius 3 is 2.70 bits per heavy atom. The van der Waals surface area contributed by atoms with Gasteiger partial charge in [0.1, 0.15) is 6.04 Å². The van der Waals surface area contributed by atoms with Crippen molar-refractivity contribution < 1.29 is 4.42 Å². The Hall–Kier alpha value is -1.68. The fourth-order valence-electron chi connectivity index (χ4n) is 2.46. The van der Waals surface area contributed by atoms with Crippen molar-refractivity contribution in [3.63, 3.8) is 0 Å². The summed E-state index contributed by atoms with van der Waals surface area (Å²) in [6.07, 6.45) is 2.24. The highest BCUT2D eigenvalue weighted by atomic mass is 16.4. The molecule has 3 atom stereocenters. The number of rotatable bonds is 6. The van der Waals surface area contributed by atoms with Gasteiger partial charge in [-0.1, -0.05) is 44.2 Å². The molecule has 0 spiro atoms. The molecule has 20 heavy (non-hydrogen) atoms. The fraction of sp³-hybridized carbons (Fsp3) is 0.500. The van der Waals surface area contributed by atoms with Crippen molar-refractivity contribution >= 4 is 0 Å². The Balaban J connectivity index is 1.83. The number of nitrogens with one attached hydrogen (secondary N) is 1. The van der Waals surface area contributed by atoms with Crippen molar-refractivity contribution in [2.24, 2.45) is 5.92 Å². The highest BCUT2D eigenvalue weighted by Crippen LogP contribution is 2.46. The lowest BCUT2D eigenvalue weighted by atomic mass is 10.1. The second kappa shape index (κ2) is 5.75. The van der Waals surface area contributed by atoms with Crippen LogP contribution >= 0.6 is 0 Å². The van der Waals surface area contributed by atoms with Gasteiger partial charge in [0, 0.05) is 5.92 Å². The van der Waals surface area contributed by atoms with Crippen LogP contribution in [0.2, 0.25) is 0 Å². The molecule has 3 unspecified atom stereocenters. The smallest absolute Gasteiger partial charge is 0.237 e. The molecule has 106 valence electrons. The van der Waals surface area contributed by atoms with Gasteiger partial charge in [-0.15, -0.1) is 10.2 Å². The molecule has 1 saturated carbocycles. The molecular weight excluding hydrogens is 250 g/mol. The van der Waals surface area contributed by atoms with Crippen LogP contribution in [-0.4, -0.2) is 16.7 Å². The van der Waals surface area contributed by atoms with Crippen molar-refractivity contribution in [3.8, 4) is 0 Å². The van der Waals surface area contributed by atoms with Crippen LogP contribution in [-0.2, 0) is 0 Å². The summed E-state index contributed by atoms with van der Waals surface area (Å²) < 4.78 is 5.91. The van der Waals surface area contributed by atoms with Crippen LogP contribution < -0.4 is 5.32 Å². The average Bonchev–Trinajstić information content (AvgIpc) is 3.02. The first kappa shape index (κ1) is 13.3. The highest BCUT2D eigenvalue weighted by Gasteiger charge is 2.39. The van der Waals surface area contributed by atoms with E-state index in [9.17, 15) is 0 Å². The van der Waals surface area contributed by atoms with E-state index in [1.807, 2.05) is 18.2 Å². The Labute approximate surface area is 119 Å². The molecule has 3 rings (SSSR count). The van der Waals surface area contributed by atoms with Crippen LogP contribution in [0.3, 0.4) is 0 Å². The predicted octanol–water partition coefficient (Wildman–Crippen LogP) is 3.28. The fourth-order valence-corrected chi connectivity index (χ4v) is 2.46. The monoisotopic (exact) mass is 271 g/mol. The Bertz CT molecular complexity index is 552. The van der Waals surface area contributed by atoms with Crippen molar-refractivity contribution in [1.82, 2.24) is 15.5 Å². The Morgan fingerprint density at radius 2 is 2.05 bits per heavy atom. The van der Waals surface area contributed by atoms with E-state index in [1.54, 1.807) is 0 Å². The lowest BCUT2D eigenvalue weighted by Gasteiger charge is -2.14. The van der Waals surface area contributed by atoms with E-state index in [0.717, 1.165) is 18.9 Å². The number of benzene rings is 1. The van der Waals surface area contributed by atoms with Gasteiger partial charge in [0.2, 0.25) is 11.8 Å². The van der Waals surface area contributed by atoms with Gasteiger partial charge in [-0.3, -0.25) is 0 Å². The quantitative estimate of drug-likeness (QED) is 0.876. The van der Waals surface area contributed by atoms with Crippen LogP contribution in [0.4, 0.5) is 0 Å². The van der Waals surface area contributed by atoms with Gasteiger partial charge < -0.3 is 9.73 Å². The molecule has 0 bridgehead atoms. The van der Waals surface area contributed by atoms with Crippen molar-refractivity contribution in [1.29, 1.82) is 0 Å². The second-order valence-electron chi connectivity index (χ2n) is 5.60. The molecule has 0 saturated heterocycles. The minimum absolute atomic E-state index is 0.00791. The average molecular weight is 271 g/mol. The molecular formula is C16H21N3O. The van der Waals surface area contributed by atoms with Crippen LogP contribution in [0.15, 0.2) is 34.7 Å².